The third-order valence-corrected chi connectivity index (χ3v) is 2.85. The van der Waals surface area contributed by atoms with Crippen LogP contribution in [0.25, 0.3) is 21.9 Å². The molecular formula is C11H8ClN3O. The quantitative estimate of drug-likeness (QED) is 0.658. The maximum Gasteiger partial charge on any atom is 0.143 e. The molecular weight excluding hydrogens is 226 g/mol. The van der Waals surface area contributed by atoms with Gasteiger partial charge in [-0.2, -0.15) is 0 Å². The van der Waals surface area contributed by atoms with Gasteiger partial charge in [0.1, 0.15) is 22.9 Å². The van der Waals surface area contributed by atoms with Crippen LogP contribution in [0.2, 0.25) is 5.15 Å². The van der Waals surface area contributed by atoms with E-state index in [-0.39, 0.29) is 0 Å². The van der Waals surface area contributed by atoms with E-state index in [0.29, 0.717) is 5.15 Å². The Kier molecular flexibility index (Phi) is 1.97. The van der Waals surface area contributed by atoms with E-state index in [9.17, 15) is 0 Å². The van der Waals surface area contributed by atoms with Crippen molar-refractivity contribution < 1.29 is 4.74 Å². The Labute approximate surface area is 96.2 Å². The number of hydrogen-bond acceptors (Lipinski definition) is 3. The molecule has 4 nitrogen and oxygen atoms in total. The highest BCUT2D eigenvalue weighted by atomic mass is 35.5. The van der Waals surface area contributed by atoms with Gasteiger partial charge in [-0.15, -0.1) is 0 Å². The minimum atomic E-state index is 0.449. The number of aromatic amines is 1. The number of nitrogens with one attached hydrogen (secondary N) is 1. The van der Waals surface area contributed by atoms with Crippen LogP contribution in [0.5, 0.6) is 5.75 Å². The number of ether oxygens (including phenoxy) is 1. The van der Waals surface area contributed by atoms with Crippen molar-refractivity contribution in [3.63, 3.8) is 0 Å². The SMILES string of the molecule is COc1cccc2c1[nH]c1ncnc(Cl)c12. The Morgan fingerprint density at radius 3 is 3.00 bits per heavy atom. The van der Waals surface area contributed by atoms with E-state index in [2.05, 4.69) is 15.0 Å². The van der Waals surface area contributed by atoms with Gasteiger partial charge in [-0.1, -0.05) is 23.7 Å². The second-order valence-electron chi connectivity index (χ2n) is 3.40. The molecule has 1 N–H and O–H groups in total. The van der Waals surface area contributed by atoms with Crippen LogP contribution in [-0.2, 0) is 0 Å². The largest absolute Gasteiger partial charge is 0.495 e. The van der Waals surface area contributed by atoms with E-state index in [1.807, 2.05) is 18.2 Å². The first-order valence-corrected chi connectivity index (χ1v) is 5.14. The number of benzene rings is 1. The lowest BCUT2D eigenvalue weighted by atomic mass is 10.2. The molecule has 0 spiro atoms. The van der Waals surface area contributed by atoms with Crippen LogP contribution in [0.3, 0.4) is 0 Å². The van der Waals surface area contributed by atoms with Gasteiger partial charge in [-0.25, -0.2) is 9.97 Å². The summed E-state index contributed by atoms with van der Waals surface area (Å²) in [6.45, 7) is 0. The van der Waals surface area contributed by atoms with Gasteiger partial charge < -0.3 is 9.72 Å². The summed E-state index contributed by atoms with van der Waals surface area (Å²) in [7, 11) is 1.63. The minimum absolute atomic E-state index is 0.449. The summed E-state index contributed by atoms with van der Waals surface area (Å²) in [5, 5.41) is 2.25. The molecule has 2 heterocycles. The van der Waals surface area contributed by atoms with Crippen molar-refractivity contribution in [2.45, 2.75) is 0 Å². The maximum absolute atomic E-state index is 6.06. The van der Waals surface area contributed by atoms with Crippen LogP contribution < -0.4 is 4.74 Å². The summed E-state index contributed by atoms with van der Waals surface area (Å²) in [5.41, 5.74) is 1.61. The molecule has 0 saturated carbocycles. The molecule has 16 heavy (non-hydrogen) atoms. The molecule has 0 saturated heterocycles. The van der Waals surface area contributed by atoms with Crippen LogP contribution in [0.15, 0.2) is 24.5 Å². The van der Waals surface area contributed by atoms with Gasteiger partial charge in [0.25, 0.3) is 0 Å². The Balaban J connectivity index is 2.56. The van der Waals surface area contributed by atoms with E-state index in [4.69, 9.17) is 16.3 Å². The van der Waals surface area contributed by atoms with Crippen LogP contribution >= 0.6 is 11.6 Å². The van der Waals surface area contributed by atoms with E-state index >= 15 is 0 Å². The Morgan fingerprint density at radius 2 is 2.19 bits per heavy atom. The number of fused-ring (bicyclic) bond motifs is 3. The summed E-state index contributed by atoms with van der Waals surface area (Å²) in [4.78, 5) is 11.3. The van der Waals surface area contributed by atoms with Gasteiger partial charge in [0.05, 0.1) is 18.0 Å². The van der Waals surface area contributed by atoms with Crippen LogP contribution in [0, 0.1) is 0 Å². The number of rotatable bonds is 1. The Morgan fingerprint density at radius 1 is 1.31 bits per heavy atom. The number of nitrogens with zero attached hydrogens (tertiary/aromatic N) is 2. The molecule has 0 aliphatic rings. The molecule has 0 atom stereocenters. The molecule has 3 rings (SSSR count). The number of methoxy groups -OCH3 is 1. The number of para-hydroxylation sites is 1. The van der Waals surface area contributed by atoms with Crippen LogP contribution in [-0.4, -0.2) is 22.1 Å². The highest BCUT2D eigenvalue weighted by Gasteiger charge is 2.11. The molecule has 0 aliphatic carbocycles. The molecule has 1 aromatic carbocycles. The van der Waals surface area contributed by atoms with Crippen molar-refractivity contribution in [1.82, 2.24) is 15.0 Å². The summed E-state index contributed by atoms with van der Waals surface area (Å²) in [5.74, 6) is 0.770. The van der Waals surface area contributed by atoms with Crippen molar-refractivity contribution >= 4 is 33.5 Å². The summed E-state index contributed by atoms with van der Waals surface area (Å²) in [6, 6.07) is 5.77. The molecule has 0 fully saturated rings. The maximum atomic E-state index is 6.06. The van der Waals surface area contributed by atoms with Crippen LogP contribution in [0.4, 0.5) is 0 Å². The Hall–Kier alpha value is -1.81. The molecule has 5 heteroatoms. The first-order chi connectivity index (χ1) is 7.81. The number of halogens is 1. The van der Waals surface area contributed by atoms with Crippen molar-refractivity contribution in [1.29, 1.82) is 0 Å². The smallest absolute Gasteiger partial charge is 0.143 e. The highest BCUT2D eigenvalue weighted by molar-refractivity contribution is 6.36. The molecule has 80 valence electrons. The first-order valence-electron chi connectivity index (χ1n) is 4.76. The minimum Gasteiger partial charge on any atom is -0.495 e. The van der Waals surface area contributed by atoms with Crippen molar-refractivity contribution in [3.8, 4) is 5.75 Å². The number of H-pyrrole nitrogens is 1. The summed E-state index contributed by atoms with van der Waals surface area (Å²) >= 11 is 6.06. The lowest BCUT2D eigenvalue weighted by molar-refractivity contribution is 0.419. The summed E-state index contributed by atoms with van der Waals surface area (Å²) in [6.07, 6.45) is 1.44. The molecule has 2 aromatic heterocycles. The van der Waals surface area contributed by atoms with Gasteiger partial charge in [-0.3, -0.25) is 0 Å². The van der Waals surface area contributed by atoms with Gasteiger partial charge >= 0.3 is 0 Å². The summed E-state index contributed by atoms with van der Waals surface area (Å²) < 4.78 is 5.27. The predicted octanol–water partition coefficient (Wildman–Crippen LogP) is 2.77. The van der Waals surface area contributed by atoms with E-state index in [1.54, 1.807) is 7.11 Å². The normalized spacial score (nSPS) is 11.1. The Bertz CT molecular complexity index is 677. The van der Waals surface area contributed by atoms with Gasteiger partial charge in [0.15, 0.2) is 0 Å². The van der Waals surface area contributed by atoms with E-state index in [1.165, 1.54) is 6.33 Å². The fourth-order valence-corrected chi connectivity index (χ4v) is 2.09. The molecule has 0 bridgehead atoms. The lowest BCUT2D eigenvalue weighted by Gasteiger charge is -1.99. The standard InChI is InChI=1S/C11H8ClN3O/c1-16-7-4-2-3-6-8-10(12)13-5-14-11(8)15-9(6)7/h2-5H,1H3,(H,13,14,15). The van der Waals surface area contributed by atoms with Gasteiger partial charge in [-0.05, 0) is 6.07 Å². The molecule has 3 aromatic rings. The fraction of sp³-hybridized carbons (Fsp3) is 0.0909. The predicted molar refractivity (Wildman–Crippen MR) is 63.0 cm³/mol. The molecule has 0 radical (unpaired) electrons. The molecule has 0 unspecified atom stereocenters. The average Bonchev–Trinajstić information content (AvgIpc) is 2.68. The van der Waals surface area contributed by atoms with E-state index < -0.39 is 0 Å². The monoisotopic (exact) mass is 233 g/mol. The topological polar surface area (TPSA) is 50.8 Å². The number of hydrogen-bond donors (Lipinski definition) is 1. The number of aromatic nitrogens is 3. The second-order valence-corrected chi connectivity index (χ2v) is 3.75. The van der Waals surface area contributed by atoms with Gasteiger partial charge in [0, 0.05) is 5.39 Å². The first kappa shape index (κ1) is 9.42. The van der Waals surface area contributed by atoms with Crippen molar-refractivity contribution in [2.24, 2.45) is 0 Å². The zero-order chi connectivity index (χ0) is 11.1. The van der Waals surface area contributed by atoms with E-state index in [0.717, 1.165) is 27.7 Å². The van der Waals surface area contributed by atoms with Crippen molar-refractivity contribution in [2.75, 3.05) is 7.11 Å². The third kappa shape index (κ3) is 1.17. The zero-order valence-electron chi connectivity index (χ0n) is 8.49. The molecule has 0 amide bonds. The average molecular weight is 234 g/mol. The highest BCUT2D eigenvalue weighted by Crippen LogP contribution is 2.33. The second kappa shape index (κ2) is 3.35. The van der Waals surface area contributed by atoms with Gasteiger partial charge in [0.2, 0.25) is 0 Å². The lowest BCUT2D eigenvalue weighted by Crippen LogP contribution is -1.82. The van der Waals surface area contributed by atoms with Crippen molar-refractivity contribution in [3.05, 3.63) is 29.7 Å². The zero-order valence-corrected chi connectivity index (χ0v) is 9.25. The third-order valence-electron chi connectivity index (χ3n) is 2.56. The van der Waals surface area contributed by atoms with Crippen LogP contribution in [0.1, 0.15) is 0 Å². The molecule has 0 aliphatic heterocycles. The fourth-order valence-electron chi connectivity index (χ4n) is 1.85.